The van der Waals surface area contributed by atoms with E-state index in [1.807, 2.05) is 0 Å². The van der Waals surface area contributed by atoms with Crippen molar-refractivity contribution in [3.8, 4) is 0 Å². The quantitative estimate of drug-likeness (QED) is 0.629. The lowest BCUT2D eigenvalue weighted by atomic mass is 9.74. The maximum absolute atomic E-state index is 13.1. The molecule has 0 radical (unpaired) electrons. The zero-order valence-electron chi connectivity index (χ0n) is 9.58. The molecular weight excluding hydrogens is 340 g/mol. The van der Waals surface area contributed by atoms with Crippen LogP contribution < -0.4 is 0 Å². The summed E-state index contributed by atoms with van der Waals surface area (Å²) in [5.74, 6) is 0. The highest BCUT2D eigenvalue weighted by atomic mass is 79.9. The first-order valence-electron chi connectivity index (χ1n) is 5.56. The van der Waals surface area contributed by atoms with E-state index in [9.17, 15) is 26.3 Å². The van der Waals surface area contributed by atoms with Crippen molar-refractivity contribution in [2.45, 2.75) is 37.2 Å². The summed E-state index contributed by atoms with van der Waals surface area (Å²) in [5, 5.41) is 0. The van der Waals surface area contributed by atoms with E-state index >= 15 is 0 Å². The van der Waals surface area contributed by atoms with Crippen LogP contribution in [-0.2, 0) is 0 Å². The molecule has 0 atom stereocenters. The Labute approximate surface area is 114 Å². The second kappa shape index (κ2) is 4.43. The lowest BCUT2D eigenvalue weighted by Crippen LogP contribution is -2.61. The number of allylic oxidation sites excluding steroid dienone is 2. The maximum atomic E-state index is 13.1. The van der Waals surface area contributed by atoms with Crippen molar-refractivity contribution in [2.75, 3.05) is 6.54 Å². The monoisotopic (exact) mass is 349 g/mol. The molecule has 0 N–H and O–H groups in total. The van der Waals surface area contributed by atoms with Gasteiger partial charge < -0.3 is 4.90 Å². The number of rotatable bonds is 1. The summed E-state index contributed by atoms with van der Waals surface area (Å²) in [7, 11) is 0. The SMILES string of the molecule is FC(F)(F)C1=CCN(C2(C(F)(F)F)CCC2)C=C1Br. The summed E-state index contributed by atoms with van der Waals surface area (Å²) >= 11 is 2.71. The minimum absolute atomic E-state index is 0.0809. The highest BCUT2D eigenvalue weighted by Crippen LogP contribution is 2.51. The van der Waals surface area contributed by atoms with Gasteiger partial charge in [-0.25, -0.2) is 0 Å². The Balaban J connectivity index is 2.26. The summed E-state index contributed by atoms with van der Waals surface area (Å²) in [6, 6.07) is 0. The number of alkyl halides is 6. The Morgan fingerprint density at radius 1 is 1.11 bits per heavy atom. The van der Waals surface area contributed by atoms with Crippen molar-refractivity contribution in [1.29, 1.82) is 0 Å². The first kappa shape index (κ1) is 14.7. The van der Waals surface area contributed by atoms with E-state index in [0.717, 1.165) is 17.2 Å². The first-order valence-corrected chi connectivity index (χ1v) is 6.36. The van der Waals surface area contributed by atoms with E-state index in [1.54, 1.807) is 0 Å². The lowest BCUT2D eigenvalue weighted by molar-refractivity contribution is -0.248. The van der Waals surface area contributed by atoms with Crippen LogP contribution in [0.5, 0.6) is 0 Å². The van der Waals surface area contributed by atoms with E-state index < -0.39 is 23.5 Å². The van der Waals surface area contributed by atoms with Crippen LogP contribution in [0, 0.1) is 0 Å². The third-order valence-corrected chi connectivity index (χ3v) is 4.21. The fourth-order valence-corrected chi connectivity index (χ4v) is 2.97. The first-order chi connectivity index (χ1) is 8.58. The molecule has 19 heavy (non-hydrogen) atoms. The van der Waals surface area contributed by atoms with Crippen LogP contribution in [0.3, 0.4) is 0 Å². The molecule has 1 aliphatic carbocycles. The summed E-state index contributed by atoms with van der Waals surface area (Å²) in [6.45, 7) is -0.385. The number of hydrogen-bond acceptors (Lipinski definition) is 1. The molecule has 1 saturated carbocycles. The van der Waals surface area contributed by atoms with Crippen molar-refractivity contribution in [3.05, 3.63) is 22.3 Å². The van der Waals surface area contributed by atoms with Crippen LogP contribution in [0.4, 0.5) is 26.3 Å². The Hall–Kier alpha value is -0.660. The third kappa shape index (κ3) is 2.39. The zero-order chi connectivity index (χ0) is 14.5. The van der Waals surface area contributed by atoms with Crippen molar-refractivity contribution in [2.24, 2.45) is 0 Å². The smallest absolute Gasteiger partial charge is 0.359 e. The molecule has 0 aromatic rings. The van der Waals surface area contributed by atoms with Crippen molar-refractivity contribution in [3.63, 3.8) is 0 Å². The molecule has 0 unspecified atom stereocenters. The van der Waals surface area contributed by atoms with Gasteiger partial charge in [-0.15, -0.1) is 0 Å². The molecule has 1 aliphatic heterocycles. The Morgan fingerprint density at radius 3 is 2.00 bits per heavy atom. The van der Waals surface area contributed by atoms with E-state index in [-0.39, 0.29) is 23.9 Å². The lowest BCUT2D eigenvalue weighted by Gasteiger charge is -2.51. The van der Waals surface area contributed by atoms with E-state index in [4.69, 9.17) is 0 Å². The van der Waals surface area contributed by atoms with Crippen LogP contribution >= 0.6 is 15.9 Å². The second-order valence-electron chi connectivity index (χ2n) is 4.63. The van der Waals surface area contributed by atoms with Crippen molar-refractivity contribution in [1.82, 2.24) is 4.90 Å². The molecule has 108 valence electrons. The highest BCUT2D eigenvalue weighted by Gasteiger charge is 2.61. The molecule has 8 heteroatoms. The Kier molecular flexibility index (Phi) is 3.43. The average molecular weight is 350 g/mol. The van der Waals surface area contributed by atoms with Crippen molar-refractivity contribution < 1.29 is 26.3 Å². The zero-order valence-corrected chi connectivity index (χ0v) is 11.2. The van der Waals surface area contributed by atoms with E-state index in [0.29, 0.717) is 6.42 Å². The molecule has 1 fully saturated rings. The molecule has 0 spiro atoms. The van der Waals surface area contributed by atoms with Gasteiger partial charge in [0.25, 0.3) is 0 Å². The minimum atomic E-state index is -4.56. The molecule has 0 aromatic carbocycles. The topological polar surface area (TPSA) is 3.24 Å². The van der Waals surface area contributed by atoms with Gasteiger partial charge in [0, 0.05) is 17.2 Å². The van der Waals surface area contributed by atoms with E-state index in [2.05, 4.69) is 15.9 Å². The molecule has 1 heterocycles. The Bertz CT molecular complexity index is 429. The average Bonchev–Trinajstić information content (AvgIpc) is 2.10. The van der Waals surface area contributed by atoms with Gasteiger partial charge in [0.05, 0.1) is 5.57 Å². The molecule has 2 rings (SSSR count). The van der Waals surface area contributed by atoms with Gasteiger partial charge in [-0.2, -0.15) is 26.3 Å². The van der Waals surface area contributed by atoms with Crippen LogP contribution in [0.15, 0.2) is 22.3 Å². The van der Waals surface area contributed by atoms with Gasteiger partial charge >= 0.3 is 12.4 Å². The molecule has 0 aromatic heterocycles. The normalized spacial score (nSPS) is 23.6. The predicted octanol–water partition coefficient (Wildman–Crippen LogP) is 4.51. The maximum Gasteiger partial charge on any atom is 0.417 e. The summed E-state index contributed by atoms with van der Waals surface area (Å²) in [6.07, 6.45) is -7.04. The molecule has 0 bridgehead atoms. The van der Waals surface area contributed by atoms with Gasteiger partial charge in [0.1, 0.15) is 5.54 Å². The molecule has 0 amide bonds. The molecular formula is C11H10BrF6N. The fraction of sp³-hybridized carbons (Fsp3) is 0.636. The minimum Gasteiger partial charge on any atom is -0.359 e. The third-order valence-electron chi connectivity index (χ3n) is 3.58. The van der Waals surface area contributed by atoms with Crippen LogP contribution in [0.1, 0.15) is 19.3 Å². The number of nitrogens with zero attached hydrogens (tertiary/aromatic N) is 1. The van der Waals surface area contributed by atoms with Crippen LogP contribution in [-0.4, -0.2) is 29.3 Å². The van der Waals surface area contributed by atoms with Gasteiger partial charge in [0.2, 0.25) is 0 Å². The van der Waals surface area contributed by atoms with Gasteiger partial charge in [0.15, 0.2) is 0 Å². The molecule has 2 aliphatic rings. The predicted molar refractivity (Wildman–Crippen MR) is 60.5 cm³/mol. The standard InChI is InChI=1S/C11H10BrF6N/c12-8-6-19(5-2-7(8)10(13,14)15)9(3-1-4-9)11(16,17)18/h2,6H,1,3-5H2. The van der Waals surface area contributed by atoms with Gasteiger partial charge in [-0.05, 0) is 35.2 Å². The number of halogens is 7. The van der Waals surface area contributed by atoms with Gasteiger partial charge in [-0.3, -0.25) is 0 Å². The van der Waals surface area contributed by atoms with E-state index in [1.165, 1.54) is 0 Å². The van der Waals surface area contributed by atoms with Crippen LogP contribution in [0.25, 0.3) is 0 Å². The Morgan fingerprint density at radius 2 is 1.68 bits per heavy atom. The summed E-state index contributed by atoms with van der Waals surface area (Å²) in [4.78, 5) is 0.954. The number of hydrogen-bond donors (Lipinski definition) is 0. The summed E-state index contributed by atoms with van der Waals surface area (Å²) in [5.41, 5.74) is -2.94. The highest BCUT2D eigenvalue weighted by molar-refractivity contribution is 9.12. The van der Waals surface area contributed by atoms with Crippen molar-refractivity contribution >= 4 is 15.9 Å². The van der Waals surface area contributed by atoms with Gasteiger partial charge in [-0.1, -0.05) is 6.08 Å². The fourth-order valence-electron chi connectivity index (χ4n) is 2.34. The van der Waals surface area contributed by atoms with Crippen LogP contribution in [0.2, 0.25) is 0 Å². The summed E-state index contributed by atoms with van der Waals surface area (Å²) < 4.78 is 76.5. The second-order valence-corrected chi connectivity index (χ2v) is 5.48. The largest absolute Gasteiger partial charge is 0.417 e. The molecule has 0 saturated heterocycles. The molecule has 1 nitrogen and oxygen atoms in total.